The van der Waals surface area contributed by atoms with Crippen LogP contribution < -0.4 is 4.74 Å². The summed E-state index contributed by atoms with van der Waals surface area (Å²) < 4.78 is 10.2. The average molecular weight is 211 g/mol. The molecule has 0 unspecified atom stereocenters. The fourth-order valence-electron chi connectivity index (χ4n) is 1.30. The van der Waals surface area contributed by atoms with Gasteiger partial charge in [-0.05, 0) is 6.07 Å². The van der Waals surface area contributed by atoms with Crippen molar-refractivity contribution < 1.29 is 13.9 Å². The van der Waals surface area contributed by atoms with Crippen LogP contribution in [0.25, 0.3) is 11.0 Å². The lowest BCUT2D eigenvalue weighted by atomic mass is 10.2. The van der Waals surface area contributed by atoms with E-state index < -0.39 is 0 Å². The lowest BCUT2D eigenvalue weighted by Crippen LogP contribution is -1.84. The molecule has 0 N–H and O–H groups in total. The van der Waals surface area contributed by atoms with Gasteiger partial charge in [-0.3, -0.25) is 4.79 Å². The molecule has 4 heteroatoms. The quantitative estimate of drug-likeness (QED) is 0.716. The Kier molecular flexibility index (Phi) is 2.17. The molecule has 0 aliphatic heterocycles. The maximum Gasteiger partial charge on any atom is 0.153 e. The smallest absolute Gasteiger partial charge is 0.153 e. The van der Waals surface area contributed by atoms with Crippen LogP contribution in [-0.2, 0) is 0 Å². The predicted molar refractivity (Wildman–Crippen MR) is 53.2 cm³/mol. The highest BCUT2D eigenvalue weighted by molar-refractivity contribution is 6.32. The van der Waals surface area contributed by atoms with Crippen LogP contribution in [-0.4, -0.2) is 13.4 Å². The fraction of sp³-hybridized carbons (Fsp3) is 0.100. The Morgan fingerprint density at radius 3 is 2.93 bits per heavy atom. The Balaban J connectivity index is 2.76. The summed E-state index contributed by atoms with van der Waals surface area (Å²) in [5, 5.41) is 1.17. The summed E-state index contributed by atoms with van der Waals surface area (Å²) in [6.45, 7) is 0. The Labute approximate surface area is 85.2 Å². The molecule has 0 bridgehead atoms. The zero-order valence-electron chi connectivity index (χ0n) is 7.41. The Bertz CT molecular complexity index is 487. The first-order valence-electron chi connectivity index (χ1n) is 3.96. The lowest BCUT2D eigenvalue weighted by molar-refractivity contribution is 0.112. The summed E-state index contributed by atoms with van der Waals surface area (Å²) in [5.41, 5.74) is 1.08. The number of carbonyl (C=O) groups excluding carboxylic acids is 1. The van der Waals surface area contributed by atoms with E-state index in [9.17, 15) is 4.79 Å². The summed E-state index contributed by atoms with van der Waals surface area (Å²) in [4.78, 5) is 10.6. The number of fused-ring (bicyclic) bond motifs is 1. The van der Waals surface area contributed by atoms with E-state index in [2.05, 4.69) is 0 Å². The third kappa shape index (κ3) is 1.26. The maximum absolute atomic E-state index is 10.6. The molecule has 72 valence electrons. The van der Waals surface area contributed by atoms with Crippen molar-refractivity contribution in [1.29, 1.82) is 0 Å². The minimum absolute atomic E-state index is 0.465. The fourth-order valence-corrected chi connectivity index (χ4v) is 1.53. The monoisotopic (exact) mass is 210 g/mol. The molecule has 0 spiro atoms. The van der Waals surface area contributed by atoms with Crippen LogP contribution >= 0.6 is 11.6 Å². The van der Waals surface area contributed by atoms with Crippen LogP contribution in [0.3, 0.4) is 0 Å². The largest absolute Gasteiger partial charge is 0.495 e. The molecule has 14 heavy (non-hydrogen) atoms. The molecule has 2 aromatic rings. The second-order valence-electron chi connectivity index (χ2n) is 2.79. The minimum atomic E-state index is 0.465. The van der Waals surface area contributed by atoms with Crippen molar-refractivity contribution in [1.82, 2.24) is 0 Å². The number of furan rings is 1. The molecule has 0 saturated carbocycles. The molecule has 0 radical (unpaired) electrons. The highest BCUT2D eigenvalue weighted by Crippen LogP contribution is 2.31. The third-order valence-corrected chi connectivity index (χ3v) is 2.30. The molecular weight excluding hydrogens is 204 g/mol. The van der Waals surface area contributed by atoms with Crippen LogP contribution in [0.2, 0.25) is 5.02 Å². The molecule has 0 atom stereocenters. The first kappa shape index (κ1) is 9.09. The van der Waals surface area contributed by atoms with E-state index in [4.69, 9.17) is 20.8 Å². The van der Waals surface area contributed by atoms with Crippen LogP contribution in [0.4, 0.5) is 0 Å². The minimum Gasteiger partial charge on any atom is -0.495 e. The third-order valence-electron chi connectivity index (χ3n) is 2.00. The highest BCUT2D eigenvalue weighted by atomic mass is 35.5. The van der Waals surface area contributed by atoms with Crippen molar-refractivity contribution >= 4 is 28.9 Å². The van der Waals surface area contributed by atoms with Crippen LogP contribution in [0.15, 0.2) is 22.8 Å². The van der Waals surface area contributed by atoms with Crippen molar-refractivity contribution in [2.24, 2.45) is 0 Å². The molecular formula is C10H7ClO3. The first-order chi connectivity index (χ1) is 6.76. The van der Waals surface area contributed by atoms with Gasteiger partial charge in [0.05, 0.1) is 17.7 Å². The van der Waals surface area contributed by atoms with Gasteiger partial charge < -0.3 is 9.15 Å². The van der Waals surface area contributed by atoms with Crippen LogP contribution in [0.1, 0.15) is 10.4 Å². The van der Waals surface area contributed by atoms with Crippen molar-refractivity contribution in [3.05, 3.63) is 29.0 Å². The van der Waals surface area contributed by atoms with Gasteiger partial charge in [0.1, 0.15) is 17.6 Å². The van der Waals surface area contributed by atoms with E-state index >= 15 is 0 Å². The Morgan fingerprint density at radius 1 is 1.50 bits per heavy atom. The number of aldehydes is 1. The van der Waals surface area contributed by atoms with E-state index in [0.29, 0.717) is 27.3 Å². The number of ether oxygens (including phenoxy) is 1. The standard InChI is InChI=1S/C10H7ClO3/c1-13-10-2-7-6(4-12)5-14-9(7)3-8(10)11/h2-5H,1H3. The zero-order chi connectivity index (χ0) is 10.1. The molecule has 1 aromatic heterocycles. The maximum atomic E-state index is 10.6. The first-order valence-corrected chi connectivity index (χ1v) is 4.34. The van der Waals surface area contributed by atoms with Gasteiger partial charge in [0.25, 0.3) is 0 Å². The van der Waals surface area contributed by atoms with E-state index in [1.165, 1.54) is 13.4 Å². The molecule has 0 aliphatic carbocycles. The van der Waals surface area contributed by atoms with E-state index in [1.807, 2.05) is 0 Å². The van der Waals surface area contributed by atoms with Gasteiger partial charge in [-0.25, -0.2) is 0 Å². The Morgan fingerprint density at radius 2 is 2.29 bits per heavy atom. The summed E-state index contributed by atoms with van der Waals surface area (Å²) in [6, 6.07) is 3.31. The molecule has 3 nitrogen and oxygen atoms in total. The second-order valence-corrected chi connectivity index (χ2v) is 3.20. The van der Waals surface area contributed by atoms with Crippen molar-refractivity contribution in [3.63, 3.8) is 0 Å². The number of carbonyl (C=O) groups is 1. The van der Waals surface area contributed by atoms with Crippen molar-refractivity contribution in [3.8, 4) is 5.75 Å². The molecule has 1 aromatic carbocycles. The number of hydrogen-bond acceptors (Lipinski definition) is 3. The highest BCUT2D eigenvalue weighted by Gasteiger charge is 2.09. The van der Waals surface area contributed by atoms with Gasteiger partial charge in [0, 0.05) is 11.5 Å². The van der Waals surface area contributed by atoms with Crippen molar-refractivity contribution in [2.45, 2.75) is 0 Å². The lowest BCUT2D eigenvalue weighted by Gasteiger charge is -2.01. The van der Waals surface area contributed by atoms with Crippen LogP contribution in [0, 0.1) is 0 Å². The van der Waals surface area contributed by atoms with Gasteiger partial charge in [0.15, 0.2) is 6.29 Å². The topological polar surface area (TPSA) is 39.4 Å². The van der Waals surface area contributed by atoms with Gasteiger partial charge in [-0.2, -0.15) is 0 Å². The molecule has 2 rings (SSSR count). The van der Waals surface area contributed by atoms with E-state index in [1.54, 1.807) is 12.1 Å². The molecule has 0 aliphatic rings. The summed E-state index contributed by atoms with van der Waals surface area (Å²) >= 11 is 5.88. The second kappa shape index (κ2) is 3.35. The SMILES string of the molecule is COc1cc2c(C=O)coc2cc1Cl. The normalized spacial score (nSPS) is 10.4. The van der Waals surface area contributed by atoms with Gasteiger partial charge >= 0.3 is 0 Å². The molecule has 0 amide bonds. The van der Waals surface area contributed by atoms with Gasteiger partial charge in [0.2, 0.25) is 0 Å². The summed E-state index contributed by atoms with van der Waals surface area (Å²) in [6.07, 6.45) is 2.13. The average Bonchev–Trinajstić information content (AvgIpc) is 2.58. The molecule has 1 heterocycles. The van der Waals surface area contributed by atoms with Gasteiger partial charge in [-0.1, -0.05) is 11.6 Å². The van der Waals surface area contributed by atoms with Crippen LogP contribution in [0.5, 0.6) is 5.75 Å². The number of benzene rings is 1. The zero-order valence-corrected chi connectivity index (χ0v) is 8.17. The summed E-state index contributed by atoms with van der Waals surface area (Å²) in [5.74, 6) is 0.531. The number of halogens is 1. The number of hydrogen-bond donors (Lipinski definition) is 0. The predicted octanol–water partition coefficient (Wildman–Crippen LogP) is 2.91. The number of methoxy groups -OCH3 is 1. The molecule has 0 saturated heterocycles. The number of rotatable bonds is 2. The van der Waals surface area contributed by atoms with Crippen molar-refractivity contribution in [2.75, 3.05) is 7.11 Å². The molecule has 0 fully saturated rings. The van der Waals surface area contributed by atoms with Gasteiger partial charge in [-0.15, -0.1) is 0 Å². The summed E-state index contributed by atoms with van der Waals surface area (Å²) in [7, 11) is 1.52. The van der Waals surface area contributed by atoms with E-state index in [-0.39, 0.29) is 0 Å². The Hall–Kier alpha value is -1.48. The van der Waals surface area contributed by atoms with E-state index in [0.717, 1.165) is 6.29 Å².